The summed E-state index contributed by atoms with van der Waals surface area (Å²) in [6, 6.07) is 14.4. The highest BCUT2D eigenvalue weighted by molar-refractivity contribution is 7.14. The van der Waals surface area contributed by atoms with Crippen LogP contribution < -0.4 is 10.6 Å². The minimum Gasteiger partial charge on any atom is -0.326 e. The third-order valence-electron chi connectivity index (χ3n) is 3.55. The quantitative estimate of drug-likeness (QED) is 0.521. The molecule has 8 heteroatoms. The van der Waals surface area contributed by atoms with Crippen LogP contribution in [0.2, 0.25) is 10.0 Å². The normalized spacial score (nSPS) is 10.8. The summed E-state index contributed by atoms with van der Waals surface area (Å²) in [6.07, 6.45) is 3.23. The summed E-state index contributed by atoms with van der Waals surface area (Å²) in [5.74, 6) is -0.532. The summed E-state index contributed by atoms with van der Waals surface area (Å²) in [6.45, 7) is 0. The number of carbonyl (C=O) groups excluding carboxylic acids is 2. The van der Waals surface area contributed by atoms with Gasteiger partial charge in [-0.1, -0.05) is 53.5 Å². The molecule has 0 aliphatic heterocycles. The molecule has 2 aromatic carbocycles. The maximum absolute atomic E-state index is 12.1. The van der Waals surface area contributed by atoms with E-state index in [0.717, 1.165) is 5.56 Å². The van der Waals surface area contributed by atoms with E-state index >= 15 is 0 Å². The monoisotopic (exact) mass is 431 g/mol. The number of benzene rings is 2. The molecule has 0 aliphatic carbocycles. The number of hydrogen-bond donors (Lipinski definition) is 2. The van der Waals surface area contributed by atoms with E-state index in [0.29, 0.717) is 26.6 Å². The Balaban J connectivity index is 1.53. The lowest BCUT2D eigenvalue weighted by atomic mass is 10.2. The lowest BCUT2D eigenvalue weighted by molar-refractivity contribution is -0.115. The molecule has 142 valence electrons. The highest BCUT2D eigenvalue weighted by Crippen LogP contribution is 2.25. The van der Waals surface area contributed by atoms with Crippen LogP contribution in [0.3, 0.4) is 0 Å². The predicted octanol–water partition coefficient (Wildman–Crippen LogP) is 5.28. The second kappa shape index (κ2) is 9.50. The van der Waals surface area contributed by atoms with Crippen molar-refractivity contribution in [2.24, 2.45) is 0 Å². The van der Waals surface area contributed by atoms with E-state index in [2.05, 4.69) is 15.6 Å². The van der Waals surface area contributed by atoms with Crippen LogP contribution in [0, 0.1) is 0 Å². The molecule has 0 spiro atoms. The molecule has 0 radical (unpaired) electrons. The van der Waals surface area contributed by atoms with Crippen molar-refractivity contribution in [3.8, 4) is 0 Å². The van der Waals surface area contributed by atoms with Gasteiger partial charge in [0.1, 0.15) is 0 Å². The van der Waals surface area contributed by atoms with Gasteiger partial charge in [-0.05, 0) is 29.8 Å². The number of rotatable bonds is 6. The fourth-order valence-corrected chi connectivity index (χ4v) is 3.28. The van der Waals surface area contributed by atoms with Gasteiger partial charge < -0.3 is 5.32 Å². The molecule has 0 unspecified atom stereocenters. The van der Waals surface area contributed by atoms with Crippen LogP contribution in [0.4, 0.5) is 10.8 Å². The Kier molecular flexibility index (Phi) is 6.81. The molecule has 5 nitrogen and oxygen atoms in total. The fraction of sp³-hybridized carbons (Fsp3) is 0.0500. The SMILES string of the molecule is O=C(/C=C/c1ccccc1)Nc1nc(CC(=O)Nc2ccc(Cl)c(Cl)c2)cs1. The Hall–Kier alpha value is -2.67. The number of nitrogens with zero attached hydrogens (tertiary/aromatic N) is 1. The summed E-state index contributed by atoms with van der Waals surface area (Å²) in [7, 11) is 0. The number of amides is 2. The highest BCUT2D eigenvalue weighted by Gasteiger charge is 2.10. The third-order valence-corrected chi connectivity index (χ3v) is 5.10. The van der Waals surface area contributed by atoms with Gasteiger partial charge in [-0.25, -0.2) is 4.98 Å². The van der Waals surface area contributed by atoms with Gasteiger partial charge in [-0.2, -0.15) is 0 Å². The van der Waals surface area contributed by atoms with E-state index < -0.39 is 0 Å². The molecule has 2 N–H and O–H groups in total. The van der Waals surface area contributed by atoms with Crippen LogP contribution in [0.1, 0.15) is 11.3 Å². The Morgan fingerprint density at radius 3 is 2.57 bits per heavy atom. The summed E-state index contributed by atoms with van der Waals surface area (Å²) < 4.78 is 0. The van der Waals surface area contributed by atoms with Crippen molar-refractivity contribution in [3.63, 3.8) is 0 Å². The van der Waals surface area contributed by atoms with E-state index in [-0.39, 0.29) is 18.2 Å². The van der Waals surface area contributed by atoms with E-state index in [1.165, 1.54) is 17.4 Å². The fourth-order valence-electron chi connectivity index (χ4n) is 2.27. The molecule has 3 aromatic rings. The molecule has 0 fully saturated rings. The van der Waals surface area contributed by atoms with Crippen molar-refractivity contribution < 1.29 is 9.59 Å². The molecule has 1 aromatic heterocycles. The minimum atomic E-state index is -0.287. The number of thiazole rings is 1. The molecule has 28 heavy (non-hydrogen) atoms. The Morgan fingerprint density at radius 1 is 1.04 bits per heavy atom. The number of hydrogen-bond acceptors (Lipinski definition) is 4. The van der Waals surface area contributed by atoms with Crippen LogP contribution in [0.15, 0.2) is 60.0 Å². The van der Waals surface area contributed by atoms with Crippen LogP contribution in [-0.2, 0) is 16.0 Å². The Labute approximate surface area is 176 Å². The second-order valence-corrected chi connectivity index (χ2v) is 7.40. The van der Waals surface area contributed by atoms with Crippen molar-refractivity contribution in [2.45, 2.75) is 6.42 Å². The van der Waals surface area contributed by atoms with E-state index in [9.17, 15) is 9.59 Å². The van der Waals surface area contributed by atoms with Gasteiger partial charge in [0.15, 0.2) is 5.13 Å². The summed E-state index contributed by atoms with van der Waals surface area (Å²) >= 11 is 13.0. The number of nitrogens with one attached hydrogen (secondary N) is 2. The molecule has 3 rings (SSSR count). The van der Waals surface area contributed by atoms with Crippen molar-refractivity contribution in [1.29, 1.82) is 0 Å². The number of halogens is 2. The van der Waals surface area contributed by atoms with Crippen molar-refractivity contribution in [1.82, 2.24) is 4.98 Å². The maximum atomic E-state index is 12.1. The van der Waals surface area contributed by atoms with Gasteiger partial charge in [0.25, 0.3) is 0 Å². The Morgan fingerprint density at radius 2 is 1.82 bits per heavy atom. The van der Waals surface area contributed by atoms with Crippen LogP contribution in [0.25, 0.3) is 6.08 Å². The molecule has 0 atom stereocenters. The van der Waals surface area contributed by atoms with Crippen LogP contribution in [-0.4, -0.2) is 16.8 Å². The average Bonchev–Trinajstić information content (AvgIpc) is 3.10. The predicted molar refractivity (Wildman–Crippen MR) is 115 cm³/mol. The van der Waals surface area contributed by atoms with Gasteiger partial charge >= 0.3 is 0 Å². The molecule has 0 saturated heterocycles. The molecule has 2 amide bonds. The topological polar surface area (TPSA) is 71.1 Å². The maximum Gasteiger partial charge on any atom is 0.250 e. The third kappa shape index (κ3) is 5.92. The largest absolute Gasteiger partial charge is 0.326 e. The zero-order valence-electron chi connectivity index (χ0n) is 14.5. The van der Waals surface area contributed by atoms with Crippen LogP contribution >= 0.6 is 34.5 Å². The zero-order chi connectivity index (χ0) is 19.9. The Bertz CT molecular complexity index is 1020. The van der Waals surface area contributed by atoms with Crippen LogP contribution in [0.5, 0.6) is 0 Å². The van der Waals surface area contributed by atoms with E-state index in [1.54, 1.807) is 29.7 Å². The summed E-state index contributed by atoms with van der Waals surface area (Å²) in [5.41, 5.74) is 2.04. The molecule has 0 saturated carbocycles. The smallest absolute Gasteiger partial charge is 0.250 e. The molecule has 0 bridgehead atoms. The first-order valence-corrected chi connectivity index (χ1v) is 9.86. The van der Waals surface area contributed by atoms with Crippen molar-refractivity contribution in [3.05, 3.63) is 81.3 Å². The van der Waals surface area contributed by atoms with Gasteiger partial charge in [0.2, 0.25) is 11.8 Å². The lowest BCUT2D eigenvalue weighted by Gasteiger charge is -2.05. The van der Waals surface area contributed by atoms with Gasteiger partial charge in [-0.3, -0.25) is 14.9 Å². The second-order valence-electron chi connectivity index (χ2n) is 5.73. The number of anilines is 2. The van der Waals surface area contributed by atoms with Gasteiger partial charge in [0.05, 0.1) is 22.2 Å². The van der Waals surface area contributed by atoms with Gasteiger partial charge in [-0.15, -0.1) is 11.3 Å². The standard InChI is InChI=1S/C20H15Cl2N3O2S/c21-16-8-7-14(10-17(16)22)23-19(27)11-15-12-28-20(24-15)25-18(26)9-6-13-4-2-1-3-5-13/h1-10,12H,11H2,(H,23,27)(H,24,25,26)/b9-6+. The zero-order valence-corrected chi connectivity index (χ0v) is 16.8. The van der Waals surface area contributed by atoms with Crippen molar-refractivity contribution >= 4 is 63.2 Å². The average molecular weight is 432 g/mol. The molecular weight excluding hydrogens is 417 g/mol. The minimum absolute atomic E-state index is 0.0759. The first-order valence-electron chi connectivity index (χ1n) is 8.23. The molecule has 1 heterocycles. The number of carbonyl (C=O) groups is 2. The first kappa shape index (κ1) is 20.1. The van der Waals surface area contributed by atoms with Gasteiger partial charge in [0, 0.05) is 17.1 Å². The molecular formula is C20H15Cl2N3O2S. The summed E-state index contributed by atoms with van der Waals surface area (Å²) in [4.78, 5) is 28.4. The summed E-state index contributed by atoms with van der Waals surface area (Å²) in [5, 5.41) is 8.36. The lowest BCUT2D eigenvalue weighted by Crippen LogP contribution is -2.14. The van der Waals surface area contributed by atoms with E-state index in [1.807, 2.05) is 30.3 Å². The number of aromatic nitrogens is 1. The van der Waals surface area contributed by atoms with E-state index in [4.69, 9.17) is 23.2 Å². The first-order chi connectivity index (χ1) is 13.5. The highest BCUT2D eigenvalue weighted by atomic mass is 35.5. The molecule has 0 aliphatic rings. The van der Waals surface area contributed by atoms with Crippen molar-refractivity contribution in [2.75, 3.05) is 10.6 Å².